The zero-order valence-corrected chi connectivity index (χ0v) is 10.9. The van der Waals surface area contributed by atoms with Gasteiger partial charge in [0.05, 0.1) is 0 Å². The van der Waals surface area contributed by atoms with Gasteiger partial charge in [0.2, 0.25) is 0 Å². The predicted molar refractivity (Wildman–Crippen MR) is 73.3 cm³/mol. The topological polar surface area (TPSA) is 0 Å². The lowest BCUT2D eigenvalue weighted by Crippen LogP contribution is -2.10. The average molecular weight is 214 g/mol. The molecule has 1 aliphatic carbocycles. The summed E-state index contributed by atoms with van der Waals surface area (Å²) in [4.78, 5) is 0. The van der Waals surface area contributed by atoms with Crippen molar-refractivity contribution >= 4 is 0 Å². The van der Waals surface area contributed by atoms with Crippen molar-refractivity contribution in [2.24, 2.45) is 5.41 Å². The molecule has 0 bridgehead atoms. The third-order valence-electron chi connectivity index (χ3n) is 2.86. The summed E-state index contributed by atoms with van der Waals surface area (Å²) in [6, 6.07) is 0. The molecule has 0 fully saturated rings. The van der Waals surface area contributed by atoms with Crippen LogP contribution in [-0.2, 0) is 0 Å². The molecule has 0 heterocycles. The van der Waals surface area contributed by atoms with Gasteiger partial charge in [-0.25, -0.2) is 0 Å². The molecule has 0 saturated carbocycles. The lowest BCUT2D eigenvalue weighted by atomic mass is 9.81. The highest BCUT2D eigenvalue weighted by molar-refractivity contribution is 5.56. The zero-order valence-electron chi connectivity index (χ0n) is 10.9. The molecule has 0 nitrogen and oxygen atoms in total. The Kier molecular flexibility index (Phi) is 3.74. The molecule has 0 aromatic heterocycles. The fourth-order valence-electron chi connectivity index (χ4n) is 2.05. The van der Waals surface area contributed by atoms with E-state index in [1.165, 1.54) is 16.7 Å². The summed E-state index contributed by atoms with van der Waals surface area (Å²) in [5, 5.41) is 0. The summed E-state index contributed by atoms with van der Waals surface area (Å²) < 4.78 is 0. The Bertz CT molecular complexity index is 392. The predicted octanol–water partition coefficient (Wildman–Crippen LogP) is 4.98. The van der Waals surface area contributed by atoms with Crippen molar-refractivity contribution in [3.8, 4) is 0 Å². The van der Waals surface area contributed by atoms with Crippen molar-refractivity contribution in [3.63, 3.8) is 0 Å². The first-order chi connectivity index (χ1) is 7.40. The van der Waals surface area contributed by atoms with E-state index in [1.54, 1.807) is 0 Å². The lowest BCUT2D eigenvalue weighted by Gasteiger charge is -2.23. The quantitative estimate of drug-likeness (QED) is 0.608. The van der Waals surface area contributed by atoms with Gasteiger partial charge in [0.1, 0.15) is 0 Å². The molecule has 1 aliphatic rings. The first-order valence-electron chi connectivity index (χ1n) is 5.78. The Labute approximate surface area is 99.8 Å². The molecule has 0 atom stereocenters. The van der Waals surface area contributed by atoms with Crippen molar-refractivity contribution in [1.82, 2.24) is 0 Å². The summed E-state index contributed by atoms with van der Waals surface area (Å²) in [6.07, 6.45) is 9.35. The number of hydrogen-bond donors (Lipinski definition) is 0. The second kappa shape index (κ2) is 4.69. The van der Waals surface area contributed by atoms with Crippen LogP contribution in [0.5, 0.6) is 0 Å². The van der Waals surface area contributed by atoms with E-state index in [0.29, 0.717) is 0 Å². The van der Waals surface area contributed by atoms with E-state index < -0.39 is 0 Å². The molecule has 0 N–H and O–H groups in total. The highest BCUT2D eigenvalue weighted by atomic mass is 14.3. The van der Waals surface area contributed by atoms with Crippen molar-refractivity contribution < 1.29 is 0 Å². The van der Waals surface area contributed by atoms with Crippen molar-refractivity contribution in [3.05, 3.63) is 59.8 Å². The van der Waals surface area contributed by atoms with E-state index in [0.717, 1.165) is 12.0 Å². The SMILES string of the molecule is C=CC1=CC(=C)/C(=C(\C=C/C)C(C)(C)C)C1. The Balaban J connectivity index is 3.22. The first-order valence-corrected chi connectivity index (χ1v) is 5.78. The fraction of sp³-hybridized carbons (Fsp3) is 0.375. The molecule has 0 saturated heterocycles. The molecule has 0 radical (unpaired) electrons. The van der Waals surface area contributed by atoms with E-state index in [9.17, 15) is 0 Å². The molecule has 0 amide bonds. The normalized spacial score (nSPS) is 20.2. The van der Waals surface area contributed by atoms with Gasteiger partial charge in [0, 0.05) is 0 Å². The van der Waals surface area contributed by atoms with Crippen molar-refractivity contribution in [2.45, 2.75) is 34.1 Å². The molecule has 0 spiro atoms. The maximum absolute atomic E-state index is 4.13. The Morgan fingerprint density at radius 2 is 2.00 bits per heavy atom. The standard InChI is InChI=1S/C16H22/c1-7-9-15(16(4,5)6)14-11-13(8-2)10-12(14)3/h7-10H,2-3,11H2,1,4-6H3/b9-7-,15-14+. The zero-order chi connectivity index (χ0) is 12.3. The van der Waals surface area contributed by atoms with Gasteiger partial charge in [-0.15, -0.1) is 0 Å². The van der Waals surface area contributed by atoms with Crippen LogP contribution in [0.1, 0.15) is 34.1 Å². The van der Waals surface area contributed by atoms with Gasteiger partial charge in [-0.05, 0) is 41.1 Å². The molecule has 16 heavy (non-hydrogen) atoms. The van der Waals surface area contributed by atoms with Crippen LogP contribution in [0.3, 0.4) is 0 Å². The molecule has 86 valence electrons. The number of rotatable bonds is 2. The first kappa shape index (κ1) is 12.8. The van der Waals surface area contributed by atoms with Crippen molar-refractivity contribution in [2.75, 3.05) is 0 Å². The second-order valence-corrected chi connectivity index (χ2v) is 5.27. The van der Waals surface area contributed by atoms with Crippen LogP contribution in [0.4, 0.5) is 0 Å². The van der Waals surface area contributed by atoms with Gasteiger partial charge < -0.3 is 0 Å². The smallest absolute Gasteiger partial charge is 0.00171 e. The Morgan fingerprint density at radius 3 is 2.38 bits per heavy atom. The summed E-state index contributed by atoms with van der Waals surface area (Å²) >= 11 is 0. The van der Waals surface area contributed by atoms with Gasteiger partial charge in [-0.3, -0.25) is 0 Å². The summed E-state index contributed by atoms with van der Waals surface area (Å²) in [7, 11) is 0. The summed E-state index contributed by atoms with van der Waals surface area (Å²) in [5.41, 5.74) is 5.31. The van der Waals surface area contributed by atoms with Crippen LogP contribution < -0.4 is 0 Å². The third-order valence-corrected chi connectivity index (χ3v) is 2.86. The van der Waals surface area contributed by atoms with Crippen LogP contribution in [0, 0.1) is 5.41 Å². The minimum Gasteiger partial charge on any atom is -0.0988 e. The third kappa shape index (κ3) is 2.63. The molecular formula is C16H22. The van der Waals surface area contributed by atoms with Crippen LogP contribution in [0.2, 0.25) is 0 Å². The largest absolute Gasteiger partial charge is 0.0988 e. The Hall–Kier alpha value is -1.30. The van der Waals surface area contributed by atoms with Crippen LogP contribution in [0.15, 0.2) is 59.8 Å². The number of hydrogen-bond acceptors (Lipinski definition) is 0. The van der Waals surface area contributed by atoms with Gasteiger partial charge in [0.25, 0.3) is 0 Å². The average Bonchev–Trinajstić information content (AvgIpc) is 2.54. The second-order valence-electron chi connectivity index (χ2n) is 5.27. The van der Waals surface area contributed by atoms with E-state index in [2.05, 4.69) is 59.1 Å². The van der Waals surface area contributed by atoms with Gasteiger partial charge in [0.15, 0.2) is 0 Å². The number of allylic oxidation sites excluding steroid dienone is 8. The molecule has 1 rings (SSSR count). The van der Waals surface area contributed by atoms with Gasteiger partial charge in [-0.1, -0.05) is 58.2 Å². The van der Waals surface area contributed by atoms with Gasteiger partial charge in [-0.2, -0.15) is 0 Å². The molecule has 0 aromatic carbocycles. The summed E-state index contributed by atoms with van der Waals surface area (Å²) in [6.45, 7) is 16.8. The minimum atomic E-state index is 0.162. The van der Waals surface area contributed by atoms with E-state index in [1.807, 2.05) is 6.08 Å². The van der Waals surface area contributed by atoms with E-state index in [-0.39, 0.29) is 5.41 Å². The monoisotopic (exact) mass is 214 g/mol. The Morgan fingerprint density at radius 1 is 1.38 bits per heavy atom. The molecular weight excluding hydrogens is 192 g/mol. The molecule has 0 unspecified atom stereocenters. The minimum absolute atomic E-state index is 0.162. The van der Waals surface area contributed by atoms with E-state index >= 15 is 0 Å². The van der Waals surface area contributed by atoms with Crippen LogP contribution in [-0.4, -0.2) is 0 Å². The van der Waals surface area contributed by atoms with Crippen LogP contribution >= 0.6 is 0 Å². The highest BCUT2D eigenvalue weighted by Crippen LogP contribution is 2.38. The maximum Gasteiger partial charge on any atom is -0.00171 e. The lowest BCUT2D eigenvalue weighted by molar-refractivity contribution is 0.512. The van der Waals surface area contributed by atoms with E-state index in [4.69, 9.17) is 0 Å². The fourth-order valence-corrected chi connectivity index (χ4v) is 2.05. The molecule has 0 heteroatoms. The summed E-state index contributed by atoms with van der Waals surface area (Å²) in [5.74, 6) is 0. The maximum atomic E-state index is 4.13. The molecule has 0 aromatic rings. The highest BCUT2D eigenvalue weighted by Gasteiger charge is 2.22. The van der Waals surface area contributed by atoms with Gasteiger partial charge >= 0.3 is 0 Å². The molecule has 0 aliphatic heterocycles. The van der Waals surface area contributed by atoms with Crippen molar-refractivity contribution in [1.29, 1.82) is 0 Å². The van der Waals surface area contributed by atoms with Crippen LogP contribution in [0.25, 0.3) is 0 Å².